The summed E-state index contributed by atoms with van der Waals surface area (Å²) in [6.07, 6.45) is 6.18. The molecule has 1 N–H and O–H groups in total. The molecule has 2 aromatic rings. The van der Waals surface area contributed by atoms with E-state index >= 15 is 0 Å². The van der Waals surface area contributed by atoms with Crippen molar-refractivity contribution >= 4 is 27.5 Å². The van der Waals surface area contributed by atoms with Crippen LogP contribution in [0.5, 0.6) is 0 Å². The van der Waals surface area contributed by atoms with Gasteiger partial charge in [0, 0.05) is 16.2 Å². The third kappa shape index (κ3) is 2.20. The molecule has 0 amide bonds. The molecule has 1 atom stereocenters. The van der Waals surface area contributed by atoms with E-state index in [0.717, 1.165) is 21.7 Å². The highest BCUT2D eigenvalue weighted by Gasteiger charge is 2.20. The zero-order valence-electron chi connectivity index (χ0n) is 9.74. The van der Waals surface area contributed by atoms with Crippen LogP contribution in [0.3, 0.4) is 0 Å². The van der Waals surface area contributed by atoms with Crippen molar-refractivity contribution in [1.29, 1.82) is 0 Å². The molecule has 3 nitrogen and oxygen atoms in total. The van der Waals surface area contributed by atoms with Crippen molar-refractivity contribution in [3.05, 3.63) is 45.9 Å². The minimum Gasteiger partial charge on any atom is -0.309 e. The van der Waals surface area contributed by atoms with Crippen molar-refractivity contribution in [3.63, 3.8) is 0 Å². The zero-order valence-corrected chi connectivity index (χ0v) is 12.1. The van der Waals surface area contributed by atoms with Gasteiger partial charge < -0.3 is 9.88 Å². The van der Waals surface area contributed by atoms with Crippen LogP contribution in [0.1, 0.15) is 24.6 Å². The molecule has 1 aliphatic rings. The van der Waals surface area contributed by atoms with Gasteiger partial charge in [0.2, 0.25) is 0 Å². The summed E-state index contributed by atoms with van der Waals surface area (Å²) in [5.74, 6) is 0. The molecule has 1 aromatic heterocycles. The van der Waals surface area contributed by atoms with Crippen LogP contribution in [-0.2, 0) is 0 Å². The second-order valence-corrected chi connectivity index (χ2v) is 5.70. The van der Waals surface area contributed by atoms with Crippen molar-refractivity contribution in [2.45, 2.75) is 18.9 Å². The number of benzene rings is 1. The third-order valence-electron chi connectivity index (χ3n) is 3.27. The zero-order chi connectivity index (χ0) is 12.5. The van der Waals surface area contributed by atoms with Gasteiger partial charge in [-0.3, -0.25) is 0 Å². The lowest BCUT2D eigenvalue weighted by Crippen LogP contribution is -2.16. The Morgan fingerprint density at radius 2 is 2.33 bits per heavy atom. The van der Waals surface area contributed by atoms with Crippen LogP contribution >= 0.6 is 27.5 Å². The minimum absolute atomic E-state index is 0.405. The van der Waals surface area contributed by atoms with E-state index in [1.807, 2.05) is 30.7 Å². The van der Waals surface area contributed by atoms with E-state index in [1.54, 1.807) is 0 Å². The number of hydrogen-bond acceptors (Lipinski definition) is 2. The molecule has 0 spiro atoms. The lowest BCUT2D eigenvalue weighted by molar-refractivity contribution is 0.615. The van der Waals surface area contributed by atoms with Crippen LogP contribution in [0.25, 0.3) is 5.69 Å². The van der Waals surface area contributed by atoms with Crippen LogP contribution in [0.2, 0.25) is 5.02 Å². The van der Waals surface area contributed by atoms with E-state index in [-0.39, 0.29) is 0 Å². The first-order chi connectivity index (χ1) is 8.75. The molecule has 3 rings (SSSR count). The van der Waals surface area contributed by atoms with Crippen molar-refractivity contribution in [3.8, 4) is 5.69 Å². The van der Waals surface area contributed by atoms with Gasteiger partial charge in [-0.1, -0.05) is 11.6 Å². The van der Waals surface area contributed by atoms with Crippen molar-refractivity contribution < 1.29 is 0 Å². The number of rotatable bonds is 2. The van der Waals surface area contributed by atoms with Gasteiger partial charge in [0.05, 0.1) is 23.2 Å². The summed E-state index contributed by atoms with van der Waals surface area (Å²) in [6, 6.07) is 6.32. The highest BCUT2D eigenvalue weighted by atomic mass is 79.9. The van der Waals surface area contributed by atoms with Gasteiger partial charge in [-0.05, 0) is 53.5 Å². The van der Waals surface area contributed by atoms with E-state index in [0.29, 0.717) is 6.04 Å². The molecule has 1 fully saturated rings. The van der Waals surface area contributed by atoms with Gasteiger partial charge in [-0.15, -0.1) is 0 Å². The number of nitrogens with zero attached hydrogens (tertiary/aromatic N) is 2. The van der Waals surface area contributed by atoms with Gasteiger partial charge in [-0.2, -0.15) is 0 Å². The molecule has 2 heterocycles. The Kier molecular flexibility index (Phi) is 3.41. The van der Waals surface area contributed by atoms with Crippen LogP contribution in [0.15, 0.2) is 35.2 Å². The second kappa shape index (κ2) is 5.03. The smallest absolute Gasteiger partial charge is 0.0994 e. The Morgan fingerprint density at radius 1 is 1.44 bits per heavy atom. The Labute approximate surface area is 119 Å². The summed E-state index contributed by atoms with van der Waals surface area (Å²) in [5, 5.41) is 4.22. The Hall–Kier alpha value is -0.840. The molecular weight excluding hydrogens is 314 g/mol. The van der Waals surface area contributed by atoms with Gasteiger partial charge >= 0.3 is 0 Å². The lowest BCUT2D eigenvalue weighted by Gasteiger charge is -2.14. The normalized spacial score (nSPS) is 19.3. The van der Waals surface area contributed by atoms with Crippen LogP contribution in [0.4, 0.5) is 0 Å². The number of halogens is 2. The SMILES string of the molecule is Clc1ccc(-n2cncc2[C@@H]2CCCN2)cc1Br. The fourth-order valence-corrected chi connectivity index (χ4v) is 2.83. The summed E-state index contributed by atoms with van der Waals surface area (Å²) in [7, 11) is 0. The molecule has 0 radical (unpaired) electrons. The van der Waals surface area contributed by atoms with Crippen molar-refractivity contribution in [2.75, 3.05) is 6.54 Å². The summed E-state index contributed by atoms with van der Waals surface area (Å²) in [4.78, 5) is 4.27. The molecule has 1 aliphatic heterocycles. The maximum absolute atomic E-state index is 6.02. The first-order valence-corrected chi connectivity index (χ1v) is 7.14. The maximum atomic E-state index is 6.02. The van der Waals surface area contributed by atoms with Crippen molar-refractivity contribution in [1.82, 2.24) is 14.9 Å². The molecule has 0 saturated carbocycles. The first kappa shape index (κ1) is 12.2. The third-order valence-corrected chi connectivity index (χ3v) is 4.48. The fraction of sp³-hybridized carbons (Fsp3) is 0.308. The van der Waals surface area contributed by atoms with Crippen LogP contribution in [0, 0.1) is 0 Å². The molecule has 5 heteroatoms. The largest absolute Gasteiger partial charge is 0.309 e. The average molecular weight is 327 g/mol. The van der Waals surface area contributed by atoms with E-state index in [4.69, 9.17) is 11.6 Å². The number of hydrogen-bond donors (Lipinski definition) is 1. The molecule has 0 unspecified atom stereocenters. The fourth-order valence-electron chi connectivity index (χ4n) is 2.35. The molecule has 18 heavy (non-hydrogen) atoms. The average Bonchev–Trinajstić information content (AvgIpc) is 3.00. The summed E-state index contributed by atoms with van der Waals surface area (Å²) in [5.41, 5.74) is 2.29. The second-order valence-electron chi connectivity index (χ2n) is 4.44. The highest BCUT2D eigenvalue weighted by molar-refractivity contribution is 9.10. The van der Waals surface area contributed by atoms with Gasteiger partial charge in [0.25, 0.3) is 0 Å². The molecule has 94 valence electrons. The predicted octanol–water partition coefficient (Wildman–Crippen LogP) is 3.71. The van der Waals surface area contributed by atoms with E-state index in [9.17, 15) is 0 Å². The first-order valence-electron chi connectivity index (χ1n) is 5.97. The molecule has 1 aromatic carbocycles. The van der Waals surface area contributed by atoms with Crippen LogP contribution < -0.4 is 5.32 Å². The van der Waals surface area contributed by atoms with E-state index < -0.39 is 0 Å². The molecule has 0 bridgehead atoms. The topological polar surface area (TPSA) is 29.9 Å². The summed E-state index contributed by atoms with van der Waals surface area (Å²) >= 11 is 9.48. The summed E-state index contributed by atoms with van der Waals surface area (Å²) in [6.45, 7) is 1.08. The van der Waals surface area contributed by atoms with Gasteiger partial charge in [0.1, 0.15) is 0 Å². The standard InChI is InChI=1S/C13H13BrClN3/c14-10-6-9(3-4-11(10)15)18-8-16-7-13(18)12-2-1-5-17-12/h3-4,6-8,12,17H,1-2,5H2/t12-/m0/s1. The molecular formula is C13H13BrClN3. The molecule has 0 aliphatic carbocycles. The number of aromatic nitrogens is 2. The van der Waals surface area contributed by atoms with Crippen molar-refractivity contribution in [2.24, 2.45) is 0 Å². The Balaban J connectivity index is 2.00. The van der Waals surface area contributed by atoms with E-state index in [2.05, 4.69) is 30.8 Å². The van der Waals surface area contributed by atoms with Gasteiger partial charge in [-0.25, -0.2) is 4.98 Å². The van der Waals surface area contributed by atoms with Crippen LogP contribution in [-0.4, -0.2) is 16.1 Å². The lowest BCUT2D eigenvalue weighted by atomic mass is 10.1. The highest BCUT2D eigenvalue weighted by Crippen LogP contribution is 2.28. The number of nitrogens with one attached hydrogen (secondary N) is 1. The molecule has 1 saturated heterocycles. The summed E-state index contributed by atoms with van der Waals surface area (Å²) < 4.78 is 3.02. The van der Waals surface area contributed by atoms with Gasteiger partial charge in [0.15, 0.2) is 0 Å². The Morgan fingerprint density at radius 3 is 3.06 bits per heavy atom. The monoisotopic (exact) mass is 325 g/mol. The quantitative estimate of drug-likeness (QED) is 0.911. The Bertz CT molecular complexity index is 561. The minimum atomic E-state index is 0.405. The number of imidazole rings is 1. The maximum Gasteiger partial charge on any atom is 0.0994 e. The predicted molar refractivity (Wildman–Crippen MR) is 76.3 cm³/mol. The van der Waals surface area contributed by atoms with E-state index in [1.165, 1.54) is 18.5 Å².